The lowest BCUT2D eigenvalue weighted by atomic mass is 10.2. The Morgan fingerprint density at radius 2 is 2.11 bits per heavy atom. The van der Waals surface area contributed by atoms with E-state index in [9.17, 15) is 4.79 Å². The van der Waals surface area contributed by atoms with Gasteiger partial charge in [0.1, 0.15) is 4.88 Å². The van der Waals surface area contributed by atoms with Crippen LogP contribution in [0.3, 0.4) is 0 Å². The molecular formula is C14H14BrNO2S. The van der Waals surface area contributed by atoms with Crippen LogP contribution in [0.15, 0.2) is 28.7 Å². The van der Waals surface area contributed by atoms with E-state index in [0.29, 0.717) is 11.4 Å². The van der Waals surface area contributed by atoms with E-state index in [1.165, 1.54) is 16.9 Å². The second-order valence-corrected chi connectivity index (χ2v) is 6.43. The second kappa shape index (κ2) is 5.75. The normalized spacial score (nSPS) is 10.5. The van der Waals surface area contributed by atoms with Gasteiger partial charge >= 0.3 is 5.97 Å². The molecule has 0 unspecified atom stereocenters. The molecule has 2 aromatic rings. The van der Waals surface area contributed by atoms with Crippen molar-refractivity contribution >= 4 is 38.9 Å². The van der Waals surface area contributed by atoms with Gasteiger partial charge in [0.15, 0.2) is 0 Å². The van der Waals surface area contributed by atoms with E-state index in [-0.39, 0.29) is 0 Å². The van der Waals surface area contributed by atoms with Crippen LogP contribution in [0.25, 0.3) is 0 Å². The van der Waals surface area contributed by atoms with Crippen LogP contribution in [0.1, 0.15) is 25.7 Å². The molecule has 2 N–H and O–H groups in total. The predicted molar refractivity (Wildman–Crippen MR) is 82.2 cm³/mol. The van der Waals surface area contributed by atoms with E-state index >= 15 is 0 Å². The molecule has 0 amide bonds. The number of nitrogens with one attached hydrogen (secondary N) is 1. The van der Waals surface area contributed by atoms with Gasteiger partial charge in [0, 0.05) is 21.6 Å². The van der Waals surface area contributed by atoms with Crippen LogP contribution in [0.2, 0.25) is 0 Å². The zero-order valence-electron chi connectivity index (χ0n) is 10.7. The molecule has 0 atom stereocenters. The van der Waals surface area contributed by atoms with Crippen molar-refractivity contribution in [3.8, 4) is 0 Å². The molecule has 0 aliphatic rings. The number of anilines is 1. The number of aryl methyl sites for hydroxylation is 2. The number of carboxylic acids is 1. The lowest BCUT2D eigenvalue weighted by Crippen LogP contribution is -2.00. The van der Waals surface area contributed by atoms with Crippen LogP contribution in [0.4, 0.5) is 5.69 Å². The first-order chi connectivity index (χ1) is 8.97. The second-order valence-electron chi connectivity index (χ2n) is 4.31. The monoisotopic (exact) mass is 339 g/mol. The fraction of sp³-hybridized carbons (Fsp3) is 0.214. The molecule has 2 rings (SSSR count). The smallest absolute Gasteiger partial charge is 0.345 e. The summed E-state index contributed by atoms with van der Waals surface area (Å²) in [6.45, 7) is 4.62. The molecule has 1 aromatic heterocycles. The van der Waals surface area contributed by atoms with Gasteiger partial charge in [-0.2, -0.15) is 0 Å². The molecule has 3 nitrogen and oxygen atoms in total. The number of aromatic carboxylic acids is 1. The van der Waals surface area contributed by atoms with Crippen molar-refractivity contribution in [2.24, 2.45) is 0 Å². The zero-order valence-corrected chi connectivity index (χ0v) is 13.1. The maximum atomic E-state index is 10.9. The fourth-order valence-corrected chi connectivity index (χ4v) is 2.88. The molecule has 100 valence electrons. The Labute approximate surface area is 124 Å². The van der Waals surface area contributed by atoms with E-state index in [1.54, 1.807) is 6.07 Å². The highest BCUT2D eigenvalue weighted by Crippen LogP contribution is 2.24. The topological polar surface area (TPSA) is 49.3 Å². The van der Waals surface area contributed by atoms with Crippen LogP contribution in [-0.2, 0) is 6.54 Å². The Balaban J connectivity index is 2.09. The van der Waals surface area contributed by atoms with E-state index in [1.807, 2.05) is 26.0 Å². The number of halogens is 1. The number of rotatable bonds is 4. The average Bonchev–Trinajstić information content (AvgIpc) is 2.73. The molecule has 0 spiro atoms. The first-order valence-electron chi connectivity index (χ1n) is 5.80. The predicted octanol–water partition coefficient (Wildman–Crippen LogP) is 4.44. The largest absolute Gasteiger partial charge is 0.477 e. The molecule has 0 aliphatic heterocycles. The summed E-state index contributed by atoms with van der Waals surface area (Å²) >= 11 is 4.78. The minimum absolute atomic E-state index is 0.390. The molecule has 0 fully saturated rings. The van der Waals surface area contributed by atoms with Gasteiger partial charge in [0.2, 0.25) is 0 Å². The number of carbonyl (C=O) groups is 1. The lowest BCUT2D eigenvalue weighted by Gasteiger charge is -2.07. The highest BCUT2D eigenvalue weighted by Gasteiger charge is 2.10. The van der Waals surface area contributed by atoms with Gasteiger partial charge in [-0.25, -0.2) is 4.79 Å². The Hall–Kier alpha value is -1.33. The Morgan fingerprint density at radius 1 is 1.37 bits per heavy atom. The van der Waals surface area contributed by atoms with Crippen LogP contribution in [0.5, 0.6) is 0 Å². The van der Waals surface area contributed by atoms with E-state index in [0.717, 1.165) is 20.6 Å². The number of hydrogen-bond acceptors (Lipinski definition) is 3. The Morgan fingerprint density at radius 3 is 2.68 bits per heavy atom. The third-order valence-electron chi connectivity index (χ3n) is 2.87. The fourth-order valence-electron chi connectivity index (χ4n) is 1.75. The maximum absolute atomic E-state index is 10.9. The van der Waals surface area contributed by atoms with Crippen molar-refractivity contribution in [1.82, 2.24) is 0 Å². The van der Waals surface area contributed by atoms with Crippen molar-refractivity contribution in [2.45, 2.75) is 20.4 Å². The molecule has 0 radical (unpaired) electrons. The number of carboxylic acid groups (broad SMARTS) is 1. The zero-order chi connectivity index (χ0) is 14.0. The Bertz CT molecular complexity index is 622. The average molecular weight is 340 g/mol. The molecule has 0 saturated heterocycles. The van der Waals surface area contributed by atoms with Crippen molar-refractivity contribution in [3.63, 3.8) is 0 Å². The standard InChI is InChI=1S/C14H14BrNO2S/c1-8-5-11(3-4-12(8)15)16-7-10-6-13(14(17)18)19-9(10)2/h3-6,16H,7H2,1-2H3,(H,17,18). The van der Waals surface area contributed by atoms with Crippen molar-refractivity contribution in [2.75, 3.05) is 5.32 Å². The SMILES string of the molecule is Cc1cc(NCc2cc(C(=O)O)sc2C)ccc1Br. The molecule has 0 saturated carbocycles. The number of thiophene rings is 1. The highest BCUT2D eigenvalue weighted by atomic mass is 79.9. The van der Waals surface area contributed by atoms with Gasteiger partial charge < -0.3 is 10.4 Å². The van der Waals surface area contributed by atoms with E-state index in [2.05, 4.69) is 27.3 Å². The molecule has 0 aliphatic carbocycles. The summed E-state index contributed by atoms with van der Waals surface area (Å²) in [4.78, 5) is 12.3. The van der Waals surface area contributed by atoms with Crippen LogP contribution >= 0.6 is 27.3 Å². The first-order valence-corrected chi connectivity index (χ1v) is 7.41. The van der Waals surface area contributed by atoms with Gasteiger partial charge in [-0.1, -0.05) is 15.9 Å². The summed E-state index contributed by atoms with van der Waals surface area (Å²) < 4.78 is 1.08. The van der Waals surface area contributed by atoms with Gasteiger partial charge in [-0.05, 0) is 49.2 Å². The van der Waals surface area contributed by atoms with Crippen molar-refractivity contribution in [1.29, 1.82) is 0 Å². The number of hydrogen-bond donors (Lipinski definition) is 2. The molecule has 19 heavy (non-hydrogen) atoms. The molecular weight excluding hydrogens is 326 g/mol. The summed E-state index contributed by atoms with van der Waals surface area (Å²) in [5.41, 5.74) is 3.23. The minimum atomic E-state index is -0.862. The summed E-state index contributed by atoms with van der Waals surface area (Å²) in [5.74, 6) is -0.862. The Kier molecular flexibility index (Phi) is 4.27. The molecule has 1 heterocycles. The lowest BCUT2D eigenvalue weighted by molar-refractivity contribution is 0.0702. The summed E-state index contributed by atoms with van der Waals surface area (Å²) in [5, 5.41) is 12.3. The van der Waals surface area contributed by atoms with Gasteiger partial charge in [0.05, 0.1) is 0 Å². The molecule has 5 heteroatoms. The summed E-state index contributed by atoms with van der Waals surface area (Å²) in [6, 6.07) is 7.79. The summed E-state index contributed by atoms with van der Waals surface area (Å²) in [6.07, 6.45) is 0. The molecule has 0 bridgehead atoms. The third-order valence-corrected chi connectivity index (χ3v) is 4.84. The van der Waals surface area contributed by atoms with Crippen LogP contribution in [0, 0.1) is 13.8 Å². The van der Waals surface area contributed by atoms with Crippen LogP contribution in [-0.4, -0.2) is 11.1 Å². The molecule has 1 aromatic carbocycles. The van der Waals surface area contributed by atoms with Gasteiger partial charge in [-0.3, -0.25) is 0 Å². The highest BCUT2D eigenvalue weighted by molar-refractivity contribution is 9.10. The van der Waals surface area contributed by atoms with E-state index in [4.69, 9.17) is 5.11 Å². The number of benzene rings is 1. The van der Waals surface area contributed by atoms with Crippen LogP contribution < -0.4 is 5.32 Å². The minimum Gasteiger partial charge on any atom is -0.477 e. The van der Waals surface area contributed by atoms with E-state index < -0.39 is 5.97 Å². The third kappa shape index (κ3) is 3.36. The quantitative estimate of drug-likeness (QED) is 0.865. The van der Waals surface area contributed by atoms with Gasteiger partial charge in [0.25, 0.3) is 0 Å². The first kappa shape index (κ1) is 14.1. The van der Waals surface area contributed by atoms with Gasteiger partial charge in [-0.15, -0.1) is 11.3 Å². The summed E-state index contributed by atoms with van der Waals surface area (Å²) in [7, 11) is 0. The van der Waals surface area contributed by atoms with Crippen molar-refractivity contribution in [3.05, 3.63) is 49.6 Å². The maximum Gasteiger partial charge on any atom is 0.345 e. The van der Waals surface area contributed by atoms with Crippen molar-refractivity contribution < 1.29 is 9.90 Å².